The topological polar surface area (TPSA) is 132 Å². The predicted octanol–water partition coefficient (Wildman–Crippen LogP) is 2.88. The molecular weight excluding hydrogens is 378 g/mol. The van der Waals surface area contributed by atoms with Crippen LogP contribution in [0.15, 0.2) is 85.0 Å². The van der Waals surface area contributed by atoms with Crippen molar-refractivity contribution in [1.29, 1.82) is 0 Å². The summed E-state index contributed by atoms with van der Waals surface area (Å²) in [6, 6.07) is 11.1. The van der Waals surface area contributed by atoms with E-state index in [1.165, 1.54) is 0 Å². The van der Waals surface area contributed by atoms with Crippen LogP contribution in [-0.4, -0.2) is 20.9 Å². The molecule has 0 aliphatic heterocycles. The molecule has 4 rings (SSSR count). The molecule has 0 radical (unpaired) electrons. The van der Waals surface area contributed by atoms with E-state index in [0.717, 1.165) is 22.8 Å². The van der Waals surface area contributed by atoms with Crippen molar-refractivity contribution >= 4 is 28.8 Å². The van der Waals surface area contributed by atoms with Gasteiger partial charge in [-0.05, 0) is 30.3 Å². The monoisotopic (exact) mass is 399 g/mol. The molecule has 30 heavy (non-hydrogen) atoms. The fourth-order valence-corrected chi connectivity index (χ4v) is 3.38. The van der Waals surface area contributed by atoms with Crippen LogP contribution in [0.25, 0.3) is 0 Å². The molecule has 3 aromatic heterocycles. The van der Waals surface area contributed by atoms with E-state index in [9.17, 15) is 4.79 Å². The van der Waals surface area contributed by atoms with Crippen LogP contribution in [0.2, 0.25) is 0 Å². The first-order valence-corrected chi connectivity index (χ1v) is 9.36. The average molecular weight is 399 g/mol. The molecule has 0 saturated heterocycles. The average Bonchev–Trinajstić information content (AvgIpc) is 2.75. The first kappa shape index (κ1) is 19.1. The second kappa shape index (κ2) is 8.04. The number of hydrogen-bond acceptors (Lipinski definition) is 7. The summed E-state index contributed by atoms with van der Waals surface area (Å²) >= 11 is 0. The largest absolute Gasteiger partial charge is 0.384 e. The van der Waals surface area contributed by atoms with Gasteiger partial charge in [0.05, 0.1) is 5.69 Å². The lowest BCUT2D eigenvalue weighted by atomic mass is 9.82. The van der Waals surface area contributed by atoms with Gasteiger partial charge in [0.1, 0.15) is 11.4 Å². The summed E-state index contributed by atoms with van der Waals surface area (Å²) in [6.45, 7) is 0. The zero-order chi connectivity index (χ0) is 21.0. The van der Waals surface area contributed by atoms with E-state index in [1.54, 1.807) is 36.9 Å². The van der Waals surface area contributed by atoms with E-state index < -0.39 is 11.4 Å². The van der Waals surface area contributed by atoms with Gasteiger partial charge in [-0.3, -0.25) is 14.8 Å². The highest BCUT2D eigenvalue weighted by molar-refractivity contribution is 5.93. The molecule has 1 atom stereocenters. The molecule has 0 fully saturated rings. The lowest BCUT2D eigenvalue weighted by Crippen LogP contribution is -2.38. The van der Waals surface area contributed by atoms with E-state index in [0.29, 0.717) is 17.8 Å². The van der Waals surface area contributed by atoms with Crippen molar-refractivity contribution in [2.45, 2.75) is 12.0 Å². The van der Waals surface area contributed by atoms with Gasteiger partial charge < -0.3 is 22.1 Å². The van der Waals surface area contributed by atoms with E-state index in [4.69, 9.17) is 11.5 Å². The van der Waals surface area contributed by atoms with Crippen LogP contribution in [0.4, 0.5) is 22.9 Å². The van der Waals surface area contributed by atoms with Crippen LogP contribution in [0.5, 0.6) is 0 Å². The number of nitrogens with one attached hydrogen (secondary N) is 2. The highest BCUT2D eigenvalue weighted by atomic mass is 16.1. The molecule has 6 N–H and O–H groups in total. The first-order chi connectivity index (χ1) is 14.5. The van der Waals surface area contributed by atoms with Gasteiger partial charge in [0.15, 0.2) is 0 Å². The molecule has 8 nitrogen and oxygen atoms in total. The number of hydrogen-bond donors (Lipinski definition) is 4. The van der Waals surface area contributed by atoms with Crippen LogP contribution in [0, 0.1) is 0 Å². The molecule has 0 spiro atoms. The van der Waals surface area contributed by atoms with Crippen molar-refractivity contribution in [3.8, 4) is 0 Å². The molecule has 8 heteroatoms. The second-order valence-electron chi connectivity index (χ2n) is 6.95. The minimum Gasteiger partial charge on any atom is -0.384 e. The van der Waals surface area contributed by atoms with Gasteiger partial charge in [-0.15, -0.1) is 0 Å². The summed E-state index contributed by atoms with van der Waals surface area (Å²) < 4.78 is 0. The number of carbonyl (C=O) groups is 1. The summed E-state index contributed by atoms with van der Waals surface area (Å²) in [5.41, 5.74) is 14.4. The lowest BCUT2D eigenvalue weighted by Gasteiger charge is -2.35. The van der Waals surface area contributed by atoms with E-state index >= 15 is 0 Å². The number of aromatic nitrogens is 3. The van der Waals surface area contributed by atoms with E-state index in [1.807, 2.05) is 42.5 Å². The SMILES string of the molecule is NC(=O)C1=CC=CC(Nc2ccnc(N)c2)(c2cc(Nc3ccncc3)ccn2)C1. The van der Waals surface area contributed by atoms with Gasteiger partial charge in [0.25, 0.3) is 0 Å². The Hall–Kier alpha value is -4.20. The number of rotatable bonds is 6. The second-order valence-corrected chi connectivity index (χ2v) is 6.95. The predicted molar refractivity (Wildman–Crippen MR) is 117 cm³/mol. The maximum absolute atomic E-state index is 11.9. The van der Waals surface area contributed by atoms with Crippen molar-refractivity contribution in [1.82, 2.24) is 15.0 Å². The fraction of sp³-hybridized carbons (Fsp3) is 0.0909. The third kappa shape index (κ3) is 4.12. The van der Waals surface area contributed by atoms with Gasteiger partial charge in [0, 0.05) is 59.9 Å². The Morgan fingerprint density at radius 1 is 0.967 bits per heavy atom. The minimum absolute atomic E-state index is 0.340. The van der Waals surface area contributed by atoms with Gasteiger partial charge in [0.2, 0.25) is 5.91 Å². The lowest BCUT2D eigenvalue weighted by molar-refractivity contribution is -0.114. The zero-order valence-electron chi connectivity index (χ0n) is 16.1. The molecule has 0 bridgehead atoms. The number of pyridine rings is 3. The standard InChI is InChI=1S/C22H21N7O/c23-20-13-18(6-11-27-20)29-22(7-1-2-15(14-22)21(24)30)19-12-17(5-10-26-19)28-16-3-8-25-9-4-16/h1-13H,14H2,(H2,24,30)(H3,23,27,29)(H,25,26,28). The first-order valence-electron chi connectivity index (χ1n) is 9.36. The van der Waals surface area contributed by atoms with Gasteiger partial charge in [-0.2, -0.15) is 0 Å². The molecule has 150 valence electrons. The summed E-state index contributed by atoms with van der Waals surface area (Å²) in [7, 11) is 0. The number of carbonyl (C=O) groups excluding carboxylic acids is 1. The van der Waals surface area contributed by atoms with Gasteiger partial charge >= 0.3 is 0 Å². The van der Waals surface area contributed by atoms with Crippen LogP contribution in [0.1, 0.15) is 12.1 Å². The number of nitrogen functional groups attached to an aromatic ring is 1. The maximum atomic E-state index is 11.9. The molecule has 1 amide bonds. The quantitative estimate of drug-likeness (QED) is 0.501. The number of anilines is 4. The number of allylic oxidation sites excluding steroid dienone is 2. The van der Waals surface area contributed by atoms with Crippen molar-refractivity contribution < 1.29 is 4.79 Å². The Morgan fingerprint density at radius 3 is 2.47 bits per heavy atom. The fourth-order valence-electron chi connectivity index (χ4n) is 3.38. The smallest absolute Gasteiger partial charge is 0.244 e. The maximum Gasteiger partial charge on any atom is 0.244 e. The molecule has 3 heterocycles. The van der Waals surface area contributed by atoms with Crippen LogP contribution in [-0.2, 0) is 10.3 Å². The van der Waals surface area contributed by atoms with Gasteiger partial charge in [-0.25, -0.2) is 4.98 Å². The summed E-state index contributed by atoms with van der Waals surface area (Å²) in [5, 5.41) is 6.81. The summed E-state index contributed by atoms with van der Waals surface area (Å²) in [5.74, 6) is -0.0764. The van der Waals surface area contributed by atoms with E-state index in [-0.39, 0.29) is 0 Å². The molecule has 1 aliphatic carbocycles. The number of nitrogens with two attached hydrogens (primary N) is 2. The highest BCUT2D eigenvalue weighted by Gasteiger charge is 2.35. The summed E-state index contributed by atoms with van der Waals surface area (Å²) in [4.78, 5) is 24.6. The third-order valence-corrected chi connectivity index (χ3v) is 4.80. The molecular formula is C22H21N7O. The highest BCUT2D eigenvalue weighted by Crippen LogP contribution is 2.37. The van der Waals surface area contributed by atoms with Crippen LogP contribution >= 0.6 is 0 Å². The number of primary amides is 1. The van der Waals surface area contributed by atoms with Gasteiger partial charge in [-0.1, -0.05) is 18.2 Å². The van der Waals surface area contributed by atoms with Crippen molar-refractivity contribution in [2.24, 2.45) is 5.73 Å². The number of nitrogens with zero attached hydrogens (tertiary/aromatic N) is 3. The summed E-state index contributed by atoms with van der Waals surface area (Å²) in [6.07, 6.45) is 12.6. The Kier molecular flexibility index (Phi) is 5.13. The zero-order valence-corrected chi connectivity index (χ0v) is 16.1. The van der Waals surface area contributed by atoms with Crippen molar-refractivity contribution in [2.75, 3.05) is 16.4 Å². The Morgan fingerprint density at radius 2 is 1.70 bits per heavy atom. The Balaban J connectivity index is 1.73. The van der Waals surface area contributed by atoms with Crippen molar-refractivity contribution in [3.05, 3.63) is 90.7 Å². The Bertz CT molecular complexity index is 1130. The molecule has 0 aromatic carbocycles. The molecule has 3 aromatic rings. The third-order valence-electron chi connectivity index (χ3n) is 4.80. The van der Waals surface area contributed by atoms with E-state index in [2.05, 4.69) is 25.6 Å². The molecule has 0 saturated carbocycles. The molecule has 1 unspecified atom stereocenters. The van der Waals surface area contributed by atoms with Crippen molar-refractivity contribution in [3.63, 3.8) is 0 Å². The number of amides is 1. The molecule has 1 aliphatic rings. The van der Waals surface area contributed by atoms with Crippen LogP contribution < -0.4 is 22.1 Å². The van der Waals surface area contributed by atoms with Crippen LogP contribution in [0.3, 0.4) is 0 Å². The minimum atomic E-state index is -0.789. The Labute approximate surface area is 173 Å². The normalized spacial score (nSPS) is 17.8.